The van der Waals surface area contributed by atoms with Crippen LogP contribution >= 0.6 is 0 Å². The topological polar surface area (TPSA) is 65.6 Å². The van der Waals surface area contributed by atoms with Gasteiger partial charge in [-0.1, -0.05) is 12.1 Å². The molecule has 2 heterocycles. The van der Waals surface area contributed by atoms with E-state index in [0.717, 1.165) is 49.2 Å². The minimum absolute atomic E-state index is 0.0477. The summed E-state index contributed by atoms with van der Waals surface area (Å²) in [5.74, 6) is 1.35. The van der Waals surface area contributed by atoms with Crippen molar-refractivity contribution in [2.45, 2.75) is 38.7 Å². The first-order valence-corrected chi connectivity index (χ1v) is 9.20. The van der Waals surface area contributed by atoms with Crippen LogP contribution in [0.1, 0.15) is 43.6 Å². The number of hydrogen-bond acceptors (Lipinski definition) is 3. The highest BCUT2D eigenvalue weighted by Crippen LogP contribution is 2.28. The maximum absolute atomic E-state index is 12.8. The van der Waals surface area contributed by atoms with Gasteiger partial charge in [0, 0.05) is 19.3 Å². The van der Waals surface area contributed by atoms with Gasteiger partial charge in [-0.15, -0.1) is 0 Å². The van der Waals surface area contributed by atoms with Crippen molar-refractivity contribution >= 4 is 5.91 Å². The number of nitrogens with zero attached hydrogens (tertiary/aromatic N) is 1. The molecule has 5 heteroatoms. The number of benzene rings is 1. The molecule has 1 aliphatic heterocycles. The zero-order valence-electron chi connectivity index (χ0n) is 15.8. The summed E-state index contributed by atoms with van der Waals surface area (Å²) in [5, 5.41) is 9.97. The van der Waals surface area contributed by atoms with E-state index in [9.17, 15) is 9.90 Å². The number of nitrogens with one attached hydrogen (secondary N) is 1. The molecule has 1 aliphatic rings. The number of aromatic amines is 1. The third kappa shape index (κ3) is 4.47. The summed E-state index contributed by atoms with van der Waals surface area (Å²) in [7, 11) is 1.65. The smallest absolute Gasteiger partial charge is 0.270 e. The van der Waals surface area contributed by atoms with E-state index < -0.39 is 5.60 Å². The Morgan fingerprint density at radius 2 is 1.88 bits per heavy atom. The molecule has 0 aliphatic carbocycles. The van der Waals surface area contributed by atoms with Crippen LogP contribution in [0.3, 0.4) is 0 Å². The molecule has 0 bridgehead atoms. The van der Waals surface area contributed by atoms with Gasteiger partial charge < -0.3 is 19.7 Å². The zero-order valence-corrected chi connectivity index (χ0v) is 15.8. The summed E-state index contributed by atoms with van der Waals surface area (Å²) >= 11 is 0. The highest BCUT2D eigenvalue weighted by molar-refractivity contribution is 5.94. The standard InChI is InChI=1S/C21H28N2O3/c1-21(2,25)13-15-8-10-23(11-9-15)20(24)19-12-17(14-22-19)16-4-6-18(26-3)7-5-16/h4-7,12,14-15,22,25H,8-11,13H2,1-3H3. The summed E-state index contributed by atoms with van der Waals surface area (Å²) in [5.41, 5.74) is 2.03. The van der Waals surface area contributed by atoms with Gasteiger partial charge in [-0.05, 0) is 68.4 Å². The van der Waals surface area contributed by atoms with Crippen molar-refractivity contribution in [3.63, 3.8) is 0 Å². The van der Waals surface area contributed by atoms with Crippen molar-refractivity contribution < 1.29 is 14.6 Å². The van der Waals surface area contributed by atoms with Crippen LogP contribution in [0.15, 0.2) is 36.5 Å². The number of amides is 1. The highest BCUT2D eigenvalue weighted by atomic mass is 16.5. The molecule has 0 spiro atoms. The van der Waals surface area contributed by atoms with Gasteiger partial charge in [-0.25, -0.2) is 0 Å². The molecule has 1 saturated heterocycles. The molecule has 1 fully saturated rings. The van der Waals surface area contributed by atoms with Crippen molar-refractivity contribution in [1.82, 2.24) is 9.88 Å². The highest BCUT2D eigenvalue weighted by Gasteiger charge is 2.27. The molecule has 1 aromatic carbocycles. The minimum atomic E-state index is -0.635. The van der Waals surface area contributed by atoms with Gasteiger partial charge in [0.1, 0.15) is 11.4 Å². The van der Waals surface area contributed by atoms with E-state index in [0.29, 0.717) is 11.6 Å². The summed E-state index contributed by atoms with van der Waals surface area (Å²) in [4.78, 5) is 17.8. The van der Waals surface area contributed by atoms with E-state index >= 15 is 0 Å². The summed E-state index contributed by atoms with van der Waals surface area (Å²) in [6, 6.07) is 9.71. The number of ether oxygens (including phenoxy) is 1. The zero-order chi connectivity index (χ0) is 18.7. The Hall–Kier alpha value is -2.27. The van der Waals surface area contributed by atoms with Gasteiger partial charge in [-0.3, -0.25) is 4.79 Å². The Morgan fingerprint density at radius 3 is 2.46 bits per heavy atom. The average Bonchev–Trinajstić information content (AvgIpc) is 3.10. The van der Waals surface area contributed by atoms with Gasteiger partial charge in [0.25, 0.3) is 5.91 Å². The molecule has 0 atom stereocenters. The molecule has 5 nitrogen and oxygen atoms in total. The quantitative estimate of drug-likeness (QED) is 0.858. The van der Waals surface area contributed by atoms with Gasteiger partial charge in [0.15, 0.2) is 0 Å². The monoisotopic (exact) mass is 356 g/mol. The van der Waals surface area contributed by atoms with E-state index in [1.165, 1.54) is 0 Å². The van der Waals surface area contributed by atoms with Gasteiger partial charge in [0.05, 0.1) is 12.7 Å². The Labute approximate surface area is 155 Å². The van der Waals surface area contributed by atoms with Crippen LogP contribution in [0.2, 0.25) is 0 Å². The van der Waals surface area contributed by atoms with Crippen LogP contribution < -0.4 is 4.74 Å². The van der Waals surface area contributed by atoms with Gasteiger partial charge >= 0.3 is 0 Å². The van der Waals surface area contributed by atoms with Crippen LogP contribution in [-0.4, -0.2) is 46.7 Å². The molecule has 1 amide bonds. The third-order valence-corrected chi connectivity index (χ3v) is 5.03. The molecule has 26 heavy (non-hydrogen) atoms. The number of H-pyrrole nitrogens is 1. The molecular weight excluding hydrogens is 328 g/mol. The fourth-order valence-corrected chi connectivity index (χ4v) is 3.68. The number of likely N-dealkylation sites (tertiary alicyclic amines) is 1. The maximum Gasteiger partial charge on any atom is 0.270 e. The largest absolute Gasteiger partial charge is 0.497 e. The summed E-state index contributed by atoms with van der Waals surface area (Å²) in [6.07, 6.45) is 4.55. The maximum atomic E-state index is 12.8. The predicted octanol–water partition coefficient (Wildman–Crippen LogP) is 3.70. The van der Waals surface area contributed by atoms with Crippen LogP contribution in [-0.2, 0) is 0 Å². The Balaban J connectivity index is 1.61. The number of rotatable bonds is 5. The first-order valence-electron chi connectivity index (χ1n) is 9.20. The van der Waals surface area contributed by atoms with Gasteiger partial charge in [0.2, 0.25) is 0 Å². The number of hydrogen-bond donors (Lipinski definition) is 2. The van der Waals surface area contributed by atoms with Crippen molar-refractivity contribution in [2.75, 3.05) is 20.2 Å². The SMILES string of the molecule is COc1ccc(-c2c[nH]c(C(=O)N3CCC(CC(C)(C)O)CC3)c2)cc1. The van der Waals surface area contributed by atoms with Crippen LogP contribution in [0, 0.1) is 5.92 Å². The number of methoxy groups -OCH3 is 1. The fourth-order valence-electron chi connectivity index (χ4n) is 3.68. The molecular formula is C21H28N2O3. The van der Waals surface area contributed by atoms with Crippen molar-refractivity contribution in [2.24, 2.45) is 5.92 Å². The average molecular weight is 356 g/mol. The Kier molecular flexibility index (Phi) is 5.37. The molecule has 0 unspecified atom stereocenters. The van der Waals surface area contributed by atoms with E-state index in [4.69, 9.17) is 4.74 Å². The van der Waals surface area contributed by atoms with Gasteiger partial charge in [-0.2, -0.15) is 0 Å². The van der Waals surface area contributed by atoms with Crippen molar-refractivity contribution in [1.29, 1.82) is 0 Å². The second-order valence-electron chi connectivity index (χ2n) is 7.78. The first kappa shape index (κ1) is 18.5. The number of piperidine rings is 1. The van der Waals surface area contributed by atoms with E-state index in [1.807, 2.05) is 55.3 Å². The molecule has 0 saturated carbocycles. The number of aliphatic hydroxyl groups is 1. The van der Waals surface area contributed by atoms with Crippen molar-refractivity contribution in [3.05, 3.63) is 42.2 Å². The molecule has 140 valence electrons. The number of aromatic nitrogens is 1. The summed E-state index contributed by atoms with van der Waals surface area (Å²) < 4.78 is 5.18. The number of carbonyl (C=O) groups excluding carboxylic acids is 1. The second kappa shape index (κ2) is 7.54. The molecule has 1 aromatic heterocycles. The molecule has 0 radical (unpaired) electrons. The normalized spacial score (nSPS) is 15.9. The summed E-state index contributed by atoms with van der Waals surface area (Å²) in [6.45, 7) is 5.20. The minimum Gasteiger partial charge on any atom is -0.497 e. The Bertz CT molecular complexity index is 735. The lowest BCUT2D eigenvalue weighted by atomic mass is 9.86. The van der Waals surface area contributed by atoms with Crippen molar-refractivity contribution in [3.8, 4) is 16.9 Å². The van der Waals surface area contributed by atoms with E-state index in [-0.39, 0.29) is 5.91 Å². The first-order chi connectivity index (χ1) is 12.4. The Morgan fingerprint density at radius 1 is 1.23 bits per heavy atom. The molecule has 2 aromatic rings. The molecule has 2 N–H and O–H groups in total. The van der Waals surface area contributed by atoms with E-state index in [2.05, 4.69) is 4.98 Å². The predicted molar refractivity (Wildman–Crippen MR) is 102 cm³/mol. The second-order valence-corrected chi connectivity index (χ2v) is 7.78. The lowest BCUT2D eigenvalue weighted by molar-refractivity contribution is 0.0357. The third-order valence-electron chi connectivity index (χ3n) is 5.03. The fraction of sp³-hybridized carbons (Fsp3) is 0.476. The molecule has 3 rings (SSSR count). The van der Waals surface area contributed by atoms with Crippen LogP contribution in [0.25, 0.3) is 11.1 Å². The van der Waals surface area contributed by atoms with E-state index in [1.54, 1.807) is 7.11 Å². The number of carbonyl (C=O) groups is 1. The van der Waals surface area contributed by atoms with Crippen LogP contribution in [0.5, 0.6) is 5.75 Å². The lowest BCUT2D eigenvalue weighted by Gasteiger charge is -2.34. The lowest BCUT2D eigenvalue weighted by Crippen LogP contribution is -2.40. The van der Waals surface area contributed by atoms with Crippen LogP contribution in [0.4, 0.5) is 0 Å².